The van der Waals surface area contributed by atoms with Crippen LogP contribution in [0.2, 0.25) is 0 Å². The fraction of sp³-hybridized carbons (Fsp3) is 0.0714. The number of carbonyl (C=O) groups excluding carboxylic acids is 1. The molecule has 0 radical (unpaired) electrons. The Balaban J connectivity index is 1.95. The van der Waals surface area contributed by atoms with Gasteiger partial charge in [-0.3, -0.25) is 4.79 Å². The van der Waals surface area contributed by atoms with Crippen molar-refractivity contribution in [1.29, 1.82) is 0 Å². The number of hydrogen-bond acceptors (Lipinski definition) is 4. The van der Waals surface area contributed by atoms with Gasteiger partial charge in [0, 0.05) is 12.6 Å². The number of furan rings is 1. The van der Waals surface area contributed by atoms with Gasteiger partial charge in [-0.15, -0.1) is 5.10 Å². The van der Waals surface area contributed by atoms with Gasteiger partial charge in [0.1, 0.15) is 5.76 Å². The highest BCUT2D eigenvalue weighted by Gasteiger charge is 2.30. The van der Waals surface area contributed by atoms with Gasteiger partial charge in [-0.05, 0) is 18.2 Å². The van der Waals surface area contributed by atoms with Crippen LogP contribution in [0.1, 0.15) is 11.3 Å². The maximum atomic E-state index is 12.1. The van der Waals surface area contributed by atoms with Gasteiger partial charge in [0.15, 0.2) is 5.71 Å². The minimum absolute atomic E-state index is 0.155. The Hall–Kier alpha value is -2.69. The smallest absolute Gasteiger partial charge is 0.279 e. The number of fused-ring (bicyclic) bond motifs is 1. The Labute approximate surface area is 109 Å². The molecule has 0 unspecified atom stereocenters. The zero-order chi connectivity index (χ0) is 13.2. The molecule has 0 saturated carbocycles. The second-order valence-electron chi connectivity index (χ2n) is 4.09. The lowest BCUT2D eigenvalue weighted by Gasteiger charge is -2.07. The van der Waals surface area contributed by atoms with E-state index in [1.54, 1.807) is 30.3 Å². The van der Waals surface area contributed by atoms with E-state index in [4.69, 9.17) is 4.42 Å². The summed E-state index contributed by atoms with van der Waals surface area (Å²) in [6, 6.07) is 11.0. The molecule has 0 spiro atoms. The van der Waals surface area contributed by atoms with Gasteiger partial charge in [-0.2, -0.15) is 5.10 Å². The molecule has 2 aromatic rings. The molecule has 5 nitrogen and oxygen atoms in total. The number of carbonyl (C=O) groups is 1. The van der Waals surface area contributed by atoms with Crippen molar-refractivity contribution in [3.8, 4) is 0 Å². The summed E-state index contributed by atoms with van der Waals surface area (Å²) >= 11 is 0. The molecule has 0 bridgehead atoms. The normalized spacial score (nSPS) is 16.6. The van der Waals surface area contributed by atoms with Crippen LogP contribution in [0.25, 0.3) is 0 Å². The van der Waals surface area contributed by atoms with Gasteiger partial charge in [-0.1, -0.05) is 18.2 Å². The maximum Gasteiger partial charge on any atom is 0.279 e. The number of nitrogens with zero attached hydrogens (tertiary/aromatic N) is 3. The molecule has 5 heteroatoms. The summed E-state index contributed by atoms with van der Waals surface area (Å²) in [5.41, 5.74) is 1.99. The number of anilines is 1. The van der Waals surface area contributed by atoms with E-state index in [2.05, 4.69) is 10.2 Å². The van der Waals surface area contributed by atoms with E-state index in [0.717, 1.165) is 11.3 Å². The Morgan fingerprint density at radius 2 is 2.05 bits per heavy atom. The molecule has 1 aliphatic rings. The van der Waals surface area contributed by atoms with Gasteiger partial charge in [0.05, 0.1) is 18.2 Å². The van der Waals surface area contributed by atoms with E-state index in [1.165, 1.54) is 6.21 Å². The SMILES string of the molecule is CN1C(=O)/C(=N/N=C\c2ccco2)c2ccccc21. The van der Waals surface area contributed by atoms with Crippen LogP contribution in [-0.2, 0) is 4.79 Å². The highest BCUT2D eigenvalue weighted by atomic mass is 16.3. The van der Waals surface area contributed by atoms with E-state index < -0.39 is 0 Å². The van der Waals surface area contributed by atoms with E-state index in [-0.39, 0.29) is 5.91 Å². The summed E-state index contributed by atoms with van der Waals surface area (Å²) in [4.78, 5) is 13.6. The molecule has 3 rings (SSSR count). The van der Waals surface area contributed by atoms with Crippen LogP contribution < -0.4 is 4.90 Å². The summed E-state index contributed by atoms with van der Waals surface area (Å²) in [5.74, 6) is 0.439. The van der Waals surface area contributed by atoms with Gasteiger partial charge < -0.3 is 9.32 Å². The van der Waals surface area contributed by atoms with Crippen LogP contribution in [0.3, 0.4) is 0 Å². The largest absolute Gasteiger partial charge is 0.463 e. The molecule has 1 amide bonds. The van der Waals surface area contributed by atoms with Gasteiger partial charge >= 0.3 is 0 Å². The summed E-state index contributed by atoms with van der Waals surface area (Å²) < 4.78 is 5.10. The van der Waals surface area contributed by atoms with Gasteiger partial charge in [0.25, 0.3) is 5.91 Å². The van der Waals surface area contributed by atoms with Crippen LogP contribution in [0.15, 0.2) is 57.3 Å². The predicted molar refractivity (Wildman–Crippen MR) is 72.7 cm³/mol. The number of likely N-dealkylation sites (N-methyl/N-ethyl adjacent to an activating group) is 1. The molecule has 2 heterocycles. The van der Waals surface area contributed by atoms with Crippen molar-refractivity contribution in [3.63, 3.8) is 0 Å². The van der Waals surface area contributed by atoms with Crippen molar-refractivity contribution in [2.75, 3.05) is 11.9 Å². The highest BCUT2D eigenvalue weighted by molar-refractivity contribution is 6.54. The lowest BCUT2D eigenvalue weighted by atomic mass is 10.1. The van der Waals surface area contributed by atoms with Crippen molar-refractivity contribution < 1.29 is 9.21 Å². The summed E-state index contributed by atoms with van der Waals surface area (Å²) in [5, 5.41) is 7.91. The summed E-state index contributed by atoms with van der Waals surface area (Å²) in [6.45, 7) is 0. The van der Waals surface area contributed by atoms with Crippen molar-refractivity contribution in [2.45, 2.75) is 0 Å². The zero-order valence-corrected chi connectivity index (χ0v) is 10.3. The third-order valence-corrected chi connectivity index (χ3v) is 2.91. The average Bonchev–Trinajstić information content (AvgIpc) is 3.02. The molecule has 0 atom stereocenters. The molecule has 0 fully saturated rings. The number of benzene rings is 1. The second-order valence-corrected chi connectivity index (χ2v) is 4.09. The van der Waals surface area contributed by atoms with Gasteiger partial charge in [-0.25, -0.2) is 0 Å². The zero-order valence-electron chi connectivity index (χ0n) is 10.3. The third-order valence-electron chi connectivity index (χ3n) is 2.91. The minimum atomic E-state index is -0.155. The molecule has 1 aliphatic heterocycles. The monoisotopic (exact) mass is 253 g/mol. The highest BCUT2D eigenvalue weighted by Crippen LogP contribution is 2.27. The van der Waals surface area contributed by atoms with E-state index in [9.17, 15) is 4.79 Å². The van der Waals surface area contributed by atoms with Crippen LogP contribution in [0.4, 0.5) is 5.69 Å². The molecule has 0 saturated heterocycles. The molecule has 19 heavy (non-hydrogen) atoms. The average molecular weight is 253 g/mol. The molecule has 0 N–H and O–H groups in total. The Kier molecular flexibility index (Phi) is 2.72. The lowest BCUT2D eigenvalue weighted by Crippen LogP contribution is -2.25. The van der Waals surface area contributed by atoms with Gasteiger partial charge in [0.2, 0.25) is 0 Å². The lowest BCUT2D eigenvalue weighted by molar-refractivity contribution is -0.111. The fourth-order valence-corrected chi connectivity index (χ4v) is 1.95. The summed E-state index contributed by atoms with van der Waals surface area (Å²) in [6.07, 6.45) is 3.03. The first kappa shape index (κ1) is 11.4. The summed E-state index contributed by atoms with van der Waals surface area (Å²) in [7, 11) is 1.72. The molecular formula is C14H11N3O2. The number of rotatable bonds is 2. The minimum Gasteiger partial charge on any atom is -0.463 e. The first-order chi connectivity index (χ1) is 9.27. The van der Waals surface area contributed by atoms with Crippen LogP contribution in [0.5, 0.6) is 0 Å². The molecule has 94 valence electrons. The van der Waals surface area contributed by atoms with E-state index in [1.807, 2.05) is 24.3 Å². The molecule has 1 aromatic carbocycles. The van der Waals surface area contributed by atoms with Crippen molar-refractivity contribution in [1.82, 2.24) is 0 Å². The molecule has 0 aliphatic carbocycles. The van der Waals surface area contributed by atoms with E-state index >= 15 is 0 Å². The molecule has 1 aromatic heterocycles. The van der Waals surface area contributed by atoms with Crippen LogP contribution >= 0.6 is 0 Å². The fourth-order valence-electron chi connectivity index (χ4n) is 1.95. The Morgan fingerprint density at radius 3 is 2.84 bits per heavy atom. The molecular weight excluding hydrogens is 242 g/mol. The van der Waals surface area contributed by atoms with Crippen molar-refractivity contribution >= 4 is 23.5 Å². The standard InChI is InChI=1S/C14H11N3O2/c1-17-12-7-3-2-6-11(12)13(14(17)18)16-15-9-10-5-4-8-19-10/h2-9H,1H3/b15-9-,16-13+. The second kappa shape index (κ2) is 4.53. The topological polar surface area (TPSA) is 58.2 Å². The number of para-hydroxylation sites is 1. The van der Waals surface area contributed by atoms with E-state index in [0.29, 0.717) is 11.5 Å². The Bertz CT molecular complexity index is 672. The predicted octanol–water partition coefficient (Wildman–Crippen LogP) is 2.08. The number of hydrogen-bond donors (Lipinski definition) is 0. The first-order valence-corrected chi connectivity index (χ1v) is 5.79. The van der Waals surface area contributed by atoms with Crippen LogP contribution in [-0.4, -0.2) is 24.9 Å². The maximum absolute atomic E-state index is 12.1. The third kappa shape index (κ3) is 1.95. The van der Waals surface area contributed by atoms with Crippen molar-refractivity contribution in [2.24, 2.45) is 10.2 Å². The van der Waals surface area contributed by atoms with Crippen molar-refractivity contribution in [3.05, 3.63) is 54.0 Å². The number of amides is 1. The Morgan fingerprint density at radius 1 is 1.21 bits per heavy atom. The first-order valence-electron chi connectivity index (χ1n) is 5.79. The van der Waals surface area contributed by atoms with Crippen LogP contribution in [0, 0.1) is 0 Å². The quantitative estimate of drug-likeness (QED) is 0.607.